The van der Waals surface area contributed by atoms with Crippen molar-refractivity contribution in [2.45, 2.75) is 25.9 Å². The molecule has 1 N–H and O–H groups in total. The Morgan fingerprint density at radius 1 is 1.05 bits per heavy atom. The molecule has 0 spiro atoms. The van der Waals surface area contributed by atoms with Crippen LogP contribution in [0.1, 0.15) is 19.8 Å². The SMILES string of the molecule is CCC(Oc1ccccc1Oc1ccccc1)C1CCNC1. The van der Waals surface area contributed by atoms with Gasteiger partial charge in [-0.15, -0.1) is 0 Å². The molecule has 2 unspecified atom stereocenters. The smallest absolute Gasteiger partial charge is 0.169 e. The molecule has 22 heavy (non-hydrogen) atoms. The van der Waals surface area contributed by atoms with Crippen LogP contribution < -0.4 is 14.8 Å². The maximum atomic E-state index is 6.29. The van der Waals surface area contributed by atoms with Crippen LogP contribution in [0.25, 0.3) is 0 Å². The van der Waals surface area contributed by atoms with Crippen LogP contribution in [-0.2, 0) is 0 Å². The lowest BCUT2D eigenvalue weighted by Gasteiger charge is -2.24. The first-order valence-electron chi connectivity index (χ1n) is 8.06. The summed E-state index contributed by atoms with van der Waals surface area (Å²) in [6.07, 6.45) is 2.42. The largest absolute Gasteiger partial charge is 0.486 e. The molecule has 0 radical (unpaired) electrons. The van der Waals surface area contributed by atoms with Gasteiger partial charge in [-0.25, -0.2) is 0 Å². The van der Waals surface area contributed by atoms with E-state index in [4.69, 9.17) is 9.47 Å². The van der Waals surface area contributed by atoms with Crippen molar-refractivity contribution >= 4 is 0 Å². The normalized spacial score (nSPS) is 18.9. The van der Waals surface area contributed by atoms with Gasteiger partial charge in [0.25, 0.3) is 0 Å². The van der Waals surface area contributed by atoms with Gasteiger partial charge < -0.3 is 14.8 Å². The number of hydrogen-bond donors (Lipinski definition) is 1. The second kappa shape index (κ2) is 7.32. The van der Waals surface area contributed by atoms with E-state index in [1.165, 1.54) is 6.42 Å². The van der Waals surface area contributed by atoms with Gasteiger partial charge in [-0.1, -0.05) is 37.3 Å². The molecule has 2 atom stereocenters. The minimum absolute atomic E-state index is 0.232. The third-order valence-electron chi connectivity index (χ3n) is 4.13. The summed E-state index contributed by atoms with van der Waals surface area (Å²) in [7, 11) is 0. The van der Waals surface area contributed by atoms with Crippen molar-refractivity contribution in [1.82, 2.24) is 5.32 Å². The average Bonchev–Trinajstić information content (AvgIpc) is 3.09. The molecule has 0 aliphatic carbocycles. The van der Waals surface area contributed by atoms with Crippen LogP contribution in [0.4, 0.5) is 0 Å². The van der Waals surface area contributed by atoms with Crippen LogP contribution in [0, 0.1) is 5.92 Å². The zero-order valence-electron chi connectivity index (χ0n) is 13.0. The summed E-state index contributed by atoms with van der Waals surface area (Å²) in [6, 6.07) is 17.7. The molecular weight excluding hydrogens is 274 g/mol. The summed E-state index contributed by atoms with van der Waals surface area (Å²) in [5.74, 6) is 3.01. The Bertz CT molecular complexity index is 579. The molecule has 1 heterocycles. The van der Waals surface area contributed by atoms with Gasteiger partial charge in [0, 0.05) is 12.5 Å². The Hall–Kier alpha value is -2.00. The predicted molar refractivity (Wildman–Crippen MR) is 88.6 cm³/mol. The molecule has 116 valence electrons. The summed E-state index contributed by atoms with van der Waals surface area (Å²) in [4.78, 5) is 0. The quantitative estimate of drug-likeness (QED) is 0.865. The monoisotopic (exact) mass is 297 g/mol. The fraction of sp³-hybridized carbons (Fsp3) is 0.368. The lowest BCUT2D eigenvalue weighted by Crippen LogP contribution is -2.28. The number of ether oxygens (including phenoxy) is 2. The zero-order valence-corrected chi connectivity index (χ0v) is 13.0. The fourth-order valence-electron chi connectivity index (χ4n) is 2.92. The third-order valence-corrected chi connectivity index (χ3v) is 4.13. The zero-order chi connectivity index (χ0) is 15.2. The second-order valence-corrected chi connectivity index (χ2v) is 5.68. The van der Waals surface area contributed by atoms with E-state index in [2.05, 4.69) is 12.2 Å². The Balaban J connectivity index is 1.75. The van der Waals surface area contributed by atoms with Crippen LogP contribution in [0.2, 0.25) is 0 Å². The maximum absolute atomic E-state index is 6.29. The van der Waals surface area contributed by atoms with E-state index in [1.54, 1.807) is 0 Å². The Labute approximate surface area is 132 Å². The van der Waals surface area contributed by atoms with Crippen molar-refractivity contribution < 1.29 is 9.47 Å². The number of nitrogens with one attached hydrogen (secondary N) is 1. The third kappa shape index (κ3) is 3.60. The Kier molecular flexibility index (Phi) is 4.96. The number of benzene rings is 2. The molecule has 1 fully saturated rings. The van der Waals surface area contributed by atoms with Crippen LogP contribution in [-0.4, -0.2) is 19.2 Å². The minimum Gasteiger partial charge on any atom is -0.486 e. The van der Waals surface area contributed by atoms with Crippen molar-refractivity contribution in [3.63, 3.8) is 0 Å². The lowest BCUT2D eigenvalue weighted by atomic mass is 9.99. The van der Waals surface area contributed by atoms with Gasteiger partial charge in [0.2, 0.25) is 0 Å². The van der Waals surface area contributed by atoms with Crippen LogP contribution in [0.5, 0.6) is 17.2 Å². The van der Waals surface area contributed by atoms with Gasteiger partial charge in [-0.3, -0.25) is 0 Å². The minimum atomic E-state index is 0.232. The van der Waals surface area contributed by atoms with E-state index < -0.39 is 0 Å². The number of para-hydroxylation sites is 3. The first-order valence-corrected chi connectivity index (χ1v) is 8.06. The van der Waals surface area contributed by atoms with Crippen LogP contribution in [0.15, 0.2) is 54.6 Å². The maximum Gasteiger partial charge on any atom is 0.169 e. The Morgan fingerprint density at radius 2 is 1.77 bits per heavy atom. The molecule has 2 aromatic rings. The van der Waals surface area contributed by atoms with E-state index in [0.29, 0.717) is 5.92 Å². The van der Waals surface area contributed by atoms with Crippen LogP contribution in [0.3, 0.4) is 0 Å². The van der Waals surface area contributed by atoms with E-state index in [-0.39, 0.29) is 6.10 Å². The molecule has 3 nitrogen and oxygen atoms in total. The molecule has 2 aromatic carbocycles. The van der Waals surface area contributed by atoms with Gasteiger partial charge in [0.1, 0.15) is 11.9 Å². The summed E-state index contributed by atoms with van der Waals surface area (Å²) < 4.78 is 12.3. The summed E-state index contributed by atoms with van der Waals surface area (Å²) in [5.41, 5.74) is 0. The second-order valence-electron chi connectivity index (χ2n) is 5.68. The molecule has 1 aliphatic heterocycles. The van der Waals surface area contributed by atoms with Gasteiger partial charge in [-0.05, 0) is 43.7 Å². The molecule has 3 rings (SSSR count). The van der Waals surface area contributed by atoms with Gasteiger partial charge in [0.05, 0.1) is 0 Å². The van der Waals surface area contributed by atoms with Crippen molar-refractivity contribution in [2.24, 2.45) is 5.92 Å². The van der Waals surface area contributed by atoms with Gasteiger partial charge >= 0.3 is 0 Å². The highest BCUT2D eigenvalue weighted by Crippen LogP contribution is 2.33. The fourth-order valence-corrected chi connectivity index (χ4v) is 2.92. The van der Waals surface area contributed by atoms with Crippen molar-refractivity contribution in [3.8, 4) is 17.2 Å². The summed E-state index contributed by atoms with van der Waals surface area (Å²) in [5, 5.41) is 3.42. The molecule has 1 saturated heterocycles. The molecular formula is C19H23NO2. The highest BCUT2D eigenvalue weighted by atomic mass is 16.5. The van der Waals surface area contributed by atoms with E-state index in [9.17, 15) is 0 Å². The molecule has 0 bridgehead atoms. The van der Waals surface area contributed by atoms with E-state index >= 15 is 0 Å². The molecule has 1 aliphatic rings. The summed E-state index contributed by atoms with van der Waals surface area (Å²) in [6.45, 7) is 4.32. The van der Waals surface area contributed by atoms with Gasteiger partial charge in [0.15, 0.2) is 11.5 Å². The van der Waals surface area contributed by atoms with Crippen molar-refractivity contribution in [1.29, 1.82) is 0 Å². The summed E-state index contributed by atoms with van der Waals surface area (Å²) >= 11 is 0. The van der Waals surface area contributed by atoms with Crippen LogP contribution >= 0.6 is 0 Å². The first-order chi connectivity index (χ1) is 10.9. The standard InChI is InChI=1S/C19H23NO2/c1-2-17(15-12-13-20-14-15)22-19-11-7-6-10-18(19)21-16-8-4-3-5-9-16/h3-11,15,17,20H,2,12-14H2,1H3. The number of rotatable bonds is 6. The molecule has 0 aromatic heterocycles. The highest BCUT2D eigenvalue weighted by molar-refractivity contribution is 5.42. The lowest BCUT2D eigenvalue weighted by molar-refractivity contribution is 0.135. The van der Waals surface area contributed by atoms with E-state index in [1.807, 2.05) is 54.6 Å². The number of hydrogen-bond acceptors (Lipinski definition) is 3. The molecule has 0 amide bonds. The topological polar surface area (TPSA) is 30.5 Å². The predicted octanol–water partition coefficient (Wildman–Crippen LogP) is 4.25. The molecule has 0 saturated carbocycles. The van der Waals surface area contributed by atoms with E-state index in [0.717, 1.165) is 36.8 Å². The average molecular weight is 297 g/mol. The Morgan fingerprint density at radius 3 is 2.45 bits per heavy atom. The highest BCUT2D eigenvalue weighted by Gasteiger charge is 2.25. The van der Waals surface area contributed by atoms with Crippen molar-refractivity contribution in [2.75, 3.05) is 13.1 Å². The molecule has 3 heteroatoms. The first kappa shape index (κ1) is 14.9. The van der Waals surface area contributed by atoms with Gasteiger partial charge in [-0.2, -0.15) is 0 Å². The van der Waals surface area contributed by atoms with Crippen molar-refractivity contribution in [3.05, 3.63) is 54.6 Å².